The van der Waals surface area contributed by atoms with E-state index in [-0.39, 0.29) is 30.7 Å². The summed E-state index contributed by atoms with van der Waals surface area (Å²) in [6.07, 6.45) is 4.08. The van der Waals surface area contributed by atoms with Gasteiger partial charge in [-0.25, -0.2) is 4.98 Å². The van der Waals surface area contributed by atoms with Gasteiger partial charge >= 0.3 is 0 Å². The molecule has 0 bridgehead atoms. The average Bonchev–Trinajstić information content (AvgIpc) is 3.06. The monoisotopic (exact) mass is 421 g/mol. The second-order valence-corrected chi connectivity index (χ2v) is 6.84. The fourth-order valence-electron chi connectivity index (χ4n) is 3.44. The van der Waals surface area contributed by atoms with Crippen molar-refractivity contribution in [2.45, 2.75) is 13.5 Å². The first kappa shape index (κ1) is 22.0. The number of anilines is 1. The first-order valence-electron chi connectivity index (χ1n) is 8.90. The van der Waals surface area contributed by atoms with Crippen molar-refractivity contribution in [3.05, 3.63) is 65.6 Å². The van der Waals surface area contributed by atoms with Crippen LogP contribution in [-0.2, 0) is 6.54 Å². The fourth-order valence-corrected chi connectivity index (χ4v) is 3.44. The van der Waals surface area contributed by atoms with E-state index in [2.05, 4.69) is 16.1 Å². The molecule has 1 fully saturated rings. The van der Waals surface area contributed by atoms with Crippen LogP contribution in [-0.4, -0.2) is 51.3 Å². The summed E-state index contributed by atoms with van der Waals surface area (Å²) in [5.41, 5.74) is 10.2. The average molecular weight is 422 g/mol. The highest BCUT2D eigenvalue weighted by Gasteiger charge is 2.23. The molecule has 1 aliphatic rings. The van der Waals surface area contributed by atoms with Crippen molar-refractivity contribution in [3.8, 4) is 0 Å². The molecular formula is C20H25Cl2N5O. The molecule has 0 radical (unpaired) electrons. The summed E-state index contributed by atoms with van der Waals surface area (Å²) in [6.45, 7) is 5.90. The van der Waals surface area contributed by atoms with Crippen molar-refractivity contribution in [1.82, 2.24) is 19.2 Å². The van der Waals surface area contributed by atoms with Gasteiger partial charge in [0.1, 0.15) is 5.65 Å². The van der Waals surface area contributed by atoms with Gasteiger partial charge in [-0.2, -0.15) is 0 Å². The van der Waals surface area contributed by atoms with Gasteiger partial charge in [0, 0.05) is 56.4 Å². The lowest BCUT2D eigenvalue weighted by Gasteiger charge is -2.34. The van der Waals surface area contributed by atoms with E-state index in [1.807, 2.05) is 52.8 Å². The van der Waals surface area contributed by atoms with E-state index in [0.717, 1.165) is 49.6 Å². The highest BCUT2D eigenvalue weighted by molar-refractivity contribution is 5.96. The van der Waals surface area contributed by atoms with Gasteiger partial charge in [0.05, 0.1) is 5.69 Å². The van der Waals surface area contributed by atoms with Gasteiger partial charge in [0.15, 0.2) is 0 Å². The maximum absolute atomic E-state index is 12.8. The summed E-state index contributed by atoms with van der Waals surface area (Å²) in [6, 6.07) is 11.5. The fraction of sp³-hybridized carbons (Fsp3) is 0.300. The zero-order chi connectivity index (χ0) is 18.1. The van der Waals surface area contributed by atoms with E-state index in [0.29, 0.717) is 11.3 Å². The van der Waals surface area contributed by atoms with Crippen LogP contribution in [0.25, 0.3) is 5.65 Å². The SMILES string of the molecule is Cc1ccc(N)cc1C(=O)N1CCN(Cc2cn3ccccc3n2)CC1.Cl.Cl. The van der Waals surface area contributed by atoms with E-state index < -0.39 is 0 Å². The van der Waals surface area contributed by atoms with Gasteiger partial charge < -0.3 is 15.0 Å². The van der Waals surface area contributed by atoms with Crippen molar-refractivity contribution >= 4 is 42.1 Å². The third kappa shape index (κ3) is 4.58. The van der Waals surface area contributed by atoms with Crippen LogP contribution < -0.4 is 5.73 Å². The normalized spacial score (nSPS) is 14.4. The van der Waals surface area contributed by atoms with Crippen molar-refractivity contribution < 1.29 is 4.79 Å². The number of nitrogens with zero attached hydrogens (tertiary/aromatic N) is 4. The number of nitrogens with two attached hydrogens (primary N) is 1. The number of piperazine rings is 1. The Bertz CT molecular complexity index is 918. The Hall–Kier alpha value is -2.28. The number of imidazole rings is 1. The minimum Gasteiger partial charge on any atom is -0.399 e. The van der Waals surface area contributed by atoms with E-state index in [1.54, 1.807) is 6.07 Å². The minimum atomic E-state index is 0. The quantitative estimate of drug-likeness (QED) is 0.659. The van der Waals surface area contributed by atoms with Gasteiger partial charge in [0.2, 0.25) is 0 Å². The van der Waals surface area contributed by atoms with Crippen molar-refractivity contribution in [2.75, 3.05) is 31.9 Å². The molecule has 1 amide bonds. The van der Waals surface area contributed by atoms with Crippen LogP contribution in [0.5, 0.6) is 0 Å². The number of halogens is 2. The zero-order valence-electron chi connectivity index (χ0n) is 15.7. The number of amides is 1. The Labute approximate surface area is 177 Å². The van der Waals surface area contributed by atoms with Crippen LogP contribution in [0.2, 0.25) is 0 Å². The smallest absolute Gasteiger partial charge is 0.254 e. The summed E-state index contributed by atoms with van der Waals surface area (Å²) in [7, 11) is 0. The van der Waals surface area contributed by atoms with Crippen LogP contribution in [0.1, 0.15) is 21.6 Å². The molecule has 28 heavy (non-hydrogen) atoms. The zero-order valence-corrected chi connectivity index (χ0v) is 17.4. The Kier molecular flexibility index (Phi) is 7.29. The first-order valence-corrected chi connectivity index (χ1v) is 8.90. The standard InChI is InChI=1S/C20H23N5O.2ClH/c1-15-5-6-16(21)12-18(15)20(26)24-10-8-23(9-11-24)13-17-14-25-7-3-2-4-19(25)22-17;;/h2-7,12,14H,8-11,13,21H2,1H3;2*1H. The summed E-state index contributed by atoms with van der Waals surface area (Å²) < 4.78 is 2.04. The predicted octanol–water partition coefficient (Wildman–Crippen LogP) is 3.03. The summed E-state index contributed by atoms with van der Waals surface area (Å²) in [5.74, 6) is 0.0715. The van der Waals surface area contributed by atoms with Gasteiger partial charge in [-0.15, -0.1) is 24.8 Å². The molecule has 1 saturated heterocycles. The van der Waals surface area contributed by atoms with E-state index in [1.165, 1.54) is 0 Å². The number of carbonyl (C=O) groups is 1. The van der Waals surface area contributed by atoms with E-state index in [4.69, 9.17) is 5.73 Å². The number of pyridine rings is 1. The van der Waals surface area contributed by atoms with Crippen molar-refractivity contribution in [2.24, 2.45) is 0 Å². The molecule has 2 N–H and O–H groups in total. The second kappa shape index (κ2) is 9.28. The third-order valence-corrected chi connectivity index (χ3v) is 4.95. The molecule has 0 saturated carbocycles. The molecule has 150 valence electrons. The second-order valence-electron chi connectivity index (χ2n) is 6.84. The number of hydrogen-bond acceptors (Lipinski definition) is 4. The summed E-state index contributed by atoms with van der Waals surface area (Å²) in [5, 5.41) is 0. The van der Waals surface area contributed by atoms with Gasteiger partial charge in [-0.1, -0.05) is 12.1 Å². The summed E-state index contributed by atoms with van der Waals surface area (Å²) in [4.78, 5) is 21.7. The third-order valence-electron chi connectivity index (χ3n) is 4.95. The Morgan fingerprint density at radius 3 is 2.57 bits per heavy atom. The molecular weight excluding hydrogens is 397 g/mol. The lowest BCUT2D eigenvalue weighted by Crippen LogP contribution is -2.48. The number of rotatable bonds is 3. The predicted molar refractivity (Wildman–Crippen MR) is 116 cm³/mol. The molecule has 0 unspecified atom stereocenters. The highest BCUT2D eigenvalue weighted by atomic mass is 35.5. The Morgan fingerprint density at radius 2 is 1.86 bits per heavy atom. The Balaban J connectivity index is 0.00000140. The number of aromatic nitrogens is 2. The molecule has 1 aromatic carbocycles. The van der Waals surface area contributed by atoms with Crippen LogP contribution in [0.15, 0.2) is 48.8 Å². The molecule has 0 spiro atoms. The van der Waals surface area contributed by atoms with E-state index in [9.17, 15) is 4.79 Å². The lowest BCUT2D eigenvalue weighted by molar-refractivity contribution is 0.0626. The molecule has 3 aromatic rings. The minimum absolute atomic E-state index is 0. The summed E-state index contributed by atoms with van der Waals surface area (Å²) >= 11 is 0. The molecule has 6 nitrogen and oxygen atoms in total. The molecule has 0 aliphatic carbocycles. The number of benzene rings is 1. The Morgan fingerprint density at radius 1 is 1.11 bits per heavy atom. The topological polar surface area (TPSA) is 66.9 Å². The van der Waals surface area contributed by atoms with Gasteiger partial charge in [0.25, 0.3) is 5.91 Å². The van der Waals surface area contributed by atoms with Crippen LogP contribution in [0, 0.1) is 6.92 Å². The molecule has 4 rings (SSSR count). The molecule has 2 aromatic heterocycles. The van der Waals surface area contributed by atoms with E-state index >= 15 is 0 Å². The van der Waals surface area contributed by atoms with Crippen molar-refractivity contribution in [3.63, 3.8) is 0 Å². The maximum Gasteiger partial charge on any atom is 0.254 e. The van der Waals surface area contributed by atoms with Crippen molar-refractivity contribution in [1.29, 1.82) is 0 Å². The maximum atomic E-state index is 12.8. The number of hydrogen-bond donors (Lipinski definition) is 1. The van der Waals surface area contributed by atoms with Gasteiger partial charge in [-0.3, -0.25) is 9.69 Å². The van der Waals surface area contributed by atoms with Crippen LogP contribution in [0.3, 0.4) is 0 Å². The molecule has 0 atom stereocenters. The number of nitrogen functional groups attached to an aromatic ring is 1. The highest BCUT2D eigenvalue weighted by Crippen LogP contribution is 2.17. The largest absolute Gasteiger partial charge is 0.399 e. The molecule has 3 heterocycles. The van der Waals surface area contributed by atoms with Crippen LogP contribution in [0.4, 0.5) is 5.69 Å². The van der Waals surface area contributed by atoms with Gasteiger partial charge in [-0.05, 0) is 36.8 Å². The van der Waals surface area contributed by atoms with Crippen LogP contribution >= 0.6 is 24.8 Å². The lowest BCUT2D eigenvalue weighted by atomic mass is 10.1. The number of fused-ring (bicyclic) bond motifs is 1. The first-order chi connectivity index (χ1) is 12.6. The number of carbonyl (C=O) groups excluding carboxylic acids is 1. The molecule has 8 heteroatoms. The number of aryl methyl sites for hydroxylation is 1. The molecule has 1 aliphatic heterocycles.